The molecule has 0 aliphatic heterocycles. The summed E-state index contributed by atoms with van der Waals surface area (Å²) in [7, 11) is 0. The molecule has 2 aromatic rings. The first kappa shape index (κ1) is 26.1. The third kappa shape index (κ3) is 7.04. The molecule has 1 unspecified atom stereocenters. The van der Waals surface area contributed by atoms with Crippen molar-refractivity contribution in [1.29, 1.82) is 0 Å². The molecule has 2 saturated carbocycles. The van der Waals surface area contributed by atoms with Crippen LogP contribution in [0.5, 0.6) is 5.75 Å². The Kier molecular flexibility index (Phi) is 8.82. The molecule has 1 amide bonds. The van der Waals surface area contributed by atoms with Crippen LogP contribution in [0.2, 0.25) is 5.02 Å². The summed E-state index contributed by atoms with van der Waals surface area (Å²) < 4.78 is 5.48. The molecule has 35 heavy (non-hydrogen) atoms. The average molecular weight is 514 g/mol. The van der Waals surface area contributed by atoms with Gasteiger partial charge in [-0.25, -0.2) is 0 Å². The number of carbonyl (C=O) groups excluding carboxylic acids is 2. The summed E-state index contributed by atoms with van der Waals surface area (Å²) in [4.78, 5) is 26.3. The van der Waals surface area contributed by atoms with Crippen LogP contribution in [-0.4, -0.2) is 30.1 Å². The van der Waals surface area contributed by atoms with E-state index in [-0.39, 0.29) is 18.1 Å². The number of hydrogen-bond acceptors (Lipinski definition) is 4. The molecule has 0 aromatic heterocycles. The zero-order valence-electron chi connectivity index (χ0n) is 20.7. The summed E-state index contributed by atoms with van der Waals surface area (Å²) in [5.74, 6) is 2.74. The number of thioether (sulfide) groups is 1. The van der Waals surface area contributed by atoms with Gasteiger partial charge in [-0.1, -0.05) is 30.7 Å². The lowest BCUT2D eigenvalue weighted by Gasteiger charge is -2.29. The van der Waals surface area contributed by atoms with Crippen LogP contribution >= 0.6 is 23.4 Å². The molecule has 0 heterocycles. The van der Waals surface area contributed by atoms with Gasteiger partial charge in [0, 0.05) is 29.3 Å². The van der Waals surface area contributed by atoms with E-state index in [4.69, 9.17) is 16.3 Å². The number of ether oxygens (including phenoxy) is 1. The zero-order valence-corrected chi connectivity index (χ0v) is 22.3. The van der Waals surface area contributed by atoms with E-state index >= 15 is 0 Å². The molecule has 0 bridgehead atoms. The zero-order chi connectivity index (χ0) is 24.8. The number of benzene rings is 2. The number of nitrogens with one attached hydrogen (secondary N) is 1. The van der Waals surface area contributed by atoms with Crippen LogP contribution in [0.3, 0.4) is 0 Å². The fourth-order valence-electron chi connectivity index (χ4n) is 5.26. The summed E-state index contributed by atoms with van der Waals surface area (Å²) in [5, 5.41) is 3.43. The smallest absolute Gasteiger partial charge is 0.233 e. The van der Waals surface area contributed by atoms with Crippen molar-refractivity contribution in [3.63, 3.8) is 0 Å². The monoisotopic (exact) mass is 513 g/mol. The molecule has 6 heteroatoms. The van der Waals surface area contributed by atoms with Crippen molar-refractivity contribution >= 4 is 35.1 Å². The summed E-state index contributed by atoms with van der Waals surface area (Å²) in [6.07, 6.45) is 6.52. The molecule has 2 aliphatic carbocycles. The Morgan fingerprint density at radius 3 is 2.37 bits per heavy atom. The van der Waals surface area contributed by atoms with Crippen LogP contribution in [0.1, 0.15) is 68.3 Å². The molecular formula is C29H36ClNO3S. The van der Waals surface area contributed by atoms with Gasteiger partial charge in [0.15, 0.2) is 5.78 Å². The Bertz CT molecular complexity index is 1000. The molecular weight excluding hydrogens is 478 g/mol. The van der Waals surface area contributed by atoms with E-state index in [2.05, 4.69) is 12.2 Å². The van der Waals surface area contributed by atoms with Crippen LogP contribution in [0.25, 0.3) is 0 Å². The Hall–Kier alpha value is -1.98. The molecule has 2 atom stereocenters. The van der Waals surface area contributed by atoms with Gasteiger partial charge in [-0.3, -0.25) is 9.59 Å². The first-order chi connectivity index (χ1) is 16.9. The van der Waals surface area contributed by atoms with Gasteiger partial charge in [-0.05, 0) is 98.2 Å². The topological polar surface area (TPSA) is 55.4 Å². The molecule has 4 rings (SSSR count). The van der Waals surface area contributed by atoms with Crippen LogP contribution < -0.4 is 10.1 Å². The number of ketones is 1. The SMILES string of the molecule is CCOc1ccc(C(=O)CC(SCc2ccc(Cl)cc2)C(=O)NCC2CCC3(CC2)C[C@@H]3C)cc1. The number of hydrogen-bond donors (Lipinski definition) is 1. The maximum absolute atomic E-state index is 13.2. The van der Waals surface area contributed by atoms with E-state index in [9.17, 15) is 9.59 Å². The van der Waals surface area contributed by atoms with E-state index < -0.39 is 5.25 Å². The second-order valence-electron chi connectivity index (χ2n) is 10.2. The van der Waals surface area contributed by atoms with E-state index in [0.29, 0.717) is 40.8 Å². The van der Waals surface area contributed by atoms with Crippen LogP contribution in [0.4, 0.5) is 0 Å². The van der Waals surface area contributed by atoms with Gasteiger partial charge < -0.3 is 10.1 Å². The molecule has 4 nitrogen and oxygen atoms in total. The molecule has 0 radical (unpaired) electrons. The lowest BCUT2D eigenvalue weighted by molar-refractivity contribution is -0.120. The molecule has 1 N–H and O–H groups in total. The second kappa shape index (κ2) is 11.8. The Morgan fingerprint density at radius 1 is 1.11 bits per heavy atom. The highest BCUT2D eigenvalue weighted by Gasteiger charge is 2.51. The highest BCUT2D eigenvalue weighted by Crippen LogP contribution is 2.61. The van der Waals surface area contributed by atoms with Gasteiger partial charge in [-0.2, -0.15) is 0 Å². The van der Waals surface area contributed by atoms with Crippen LogP contribution in [0, 0.1) is 17.3 Å². The quantitative estimate of drug-likeness (QED) is 0.330. The standard InChI is InChI=1S/C29H36ClNO3S/c1-3-34-25-10-6-23(7-11-25)26(32)16-27(35-19-22-4-8-24(30)9-5-22)28(33)31-18-21-12-14-29(15-13-21)17-20(29)2/h4-11,20-21,27H,3,12-19H2,1-2H3,(H,31,33)/t20-,21?,27?,29?/m0/s1. The van der Waals surface area contributed by atoms with Gasteiger partial charge in [-0.15, -0.1) is 11.8 Å². The van der Waals surface area contributed by atoms with Crippen molar-refractivity contribution in [1.82, 2.24) is 5.32 Å². The summed E-state index contributed by atoms with van der Waals surface area (Å²) >= 11 is 7.53. The first-order valence-electron chi connectivity index (χ1n) is 12.8. The third-order valence-electron chi connectivity index (χ3n) is 7.78. The highest BCUT2D eigenvalue weighted by molar-refractivity contribution is 7.99. The first-order valence-corrected chi connectivity index (χ1v) is 14.2. The van der Waals surface area contributed by atoms with Gasteiger partial charge in [0.25, 0.3) is 0 Å². The molecule has 1 spiro atoms. The highest BCUT2D eigenvalue weighted by atomic mass is 35.5. The maximum atomic E-state index is 13.2. The summed E-state index contributed by atoms with van der Waals surface area (Å²) in [6.45, 7) is 5.58. The lowest BCUT2D eigenvalue weighted by Crippen LogP contribution is -2.38. The minimum Gasteiger partial charge on any atom is -0.494 e. The lowest BCUT2D eigenvalue weighted by atomic mass is 9.78. The Labute approximate surface area is 218 Å². The van der Waals surface area contributed by atoms with Crippen molar-refractivity contribution in [2.75, 3.05) is 13.2 Å². The minimum absolute atomic E-state index is 0.0286. The molecule has 188 valence electrons. The number of halogens is 1. The Morgan fingerprint density at radius 2 is 1.77 bits per heavy atom. The normalized spacial score (nSPS) is 24.1. The summed E-state index contributed by atoms with van der Waals surface area (Å²) in [6, 6.07) is 14.8. The van der Waals surface area contributed by atoms with E-state index in [0.717, 1.165) is 17.2 Å². The largest absolute Gasteiger partial charge is 0.494 e. The summed E-state index contributed by atoms with van der Waals surface area (Å²) in [5.41, 5.74) is 2.30. The van der Waals surface area contributed by atoms with Crippen molar-refractivity contribution in [2.24, 2.45) is 17.3 Å². The van der Waals surface area contributed by atoms with Crippen molar-refractivity contribution in [2.45, 2.75) is 63.4 Å². The predicted molar refractivity (Wildman–Crippen MR) is 144 cm³/mol. The third-order valence-corrected chi connectivity index (χ3v) is 9.31. The van der Waals surface area contributed by atoms with Gasteiger partial charge in [0.2, 0.25) is 5.91 Å². The van der Waals surface area contributed by atoms with Crippen molar-refractivity contribution in [3.8, 4) is 5.75 Å². The average Bonchev–Trinajstić information content (AvgIpc) is 3.50. The number of rotatable bonds is 11. The van der Waals surface area contributed by atoms with Crippen molar-refractivity contribution < 1.29 is 14.3 Å². The minimum atomic E-state index is -0.442. The fourth-order valence-corrected chi connectivity index (χ4v) is 6.47. The van der Waals surface area contributed by atoms with Crippen LogP contribution in [-0.2, 0) is 10.5 Å². The molecule has 2 aliphatic rings. The number of Topliss-reactive ketones (excluding diaryl/α,β-unsaturated/α-hetero) is 1. The maximum Gasteiger partial charge on any atom is 0.233 e. The molecule has 2 fully saturated rings. The fraction of sp³-hybridized carbons (Fsp3) is 0.517. The van der Waals surface area contributed by atoms with Crippen molar-refractivity contribution in [3.05, 3.63) is 64.7 Å². The second-order valence-corrected chi connectivity index (χ2v) is 11.8. The van der Waals surface area contributed by atoms with Gasteiger partial charge in [0.05, 0.1) is 11.9 Å². The van der Waals surface area contributed by atoms with E-state index in [1.54, 1.807) is 12.1 Å². The Balaban J connectivity index is 1.35. The number of amides is 1. The molecule has 0 saturated heterocycles. The number of carbonyl (C=O) groups is 2. The van der Waals surface area contributed by atoms with Crippen LogP contribution in [0.15, 0.2) is 48.5 Å². The predicted octanol–water partition coefficient (Wildman–Crippen LogP) is 6.95. The molecule has 2 aromatic carbocycles. The van der Waals surface area contributed by atoms with E-state index in [1.165, 1.54) is 43.9 Å². The van der Waals surface area contributed by atoms with Gasteiger partial charge >= 0.3 is 0 Å². The van der Waals surface area contributed by atoms with Gasteiger partial charge in [0.1, 0.15) is 5.75 Å². The van der Waals surface area contributed by atoms with E-state index in [1.807, 2.05) is 43.3 Å².